The minimum Gasteiger partial charge on any atom is -0.481 e. The number of carboxylic acids is 1. The van der Waals surface area contributed by atoms with E-state index < -0.39 is 12.3 Å². The van der Waals surface area contributed by atoms with Gasteiger partial charge in [0, 0.05) is 55.5 Å². The number of aliphatic hydroxyl groups is 1. The highest BCUT2D eigenvalue weighted by molar-refractivity contribution is 5.92. The molecule has 0 spiro atoms. The van der Waals surface area contributed by atoms with Crippen molar-refractivity contribution in [3.8, 4) is 0 Å². The lowest BCUT2D eigenvalue weighted by Crippen LogP contribution is -2.38. The van der Waals surface area contributed by atoms with Crippen LogP contribution in [0.2, 0.25) is 0 Å². The fraction of sp³-hybridized carbons (Fsp3) is 0.367. The molecule has 2 heterocycles. The number of hydrogen-bond acceptors (Lipinski definition) is 7. The van der Waals surface area contributed by atoms with Gasteiger partial charge >= 0.3 is 5.97 Å². The first-order valence-electron chi connectivity index (χ1n) is 13.1. The minimum atomic E-state index is -1.01. The number of ether oxygens (including phenoxy) is 2. The largest absolute Gasteiger partial charge is 0.481 e. The molecular formula is C30H35N3O6. The average molecular weight is 534 g/mol. The summed E-state index contributed by atoms with van der Waals surface area (Å²) >= 11 is 0. The van der Waals surface area contributed by atoms with Crippen molar-refractivity contribution in [3.63, 3.8) is 0 Å². The molecule has 0 saturated carbocycles. The molecule has 0 bridgehead atoms. The number of carbonyl (C=O) groups is 2. The van der Waals surface area contributed by atoms with E-state index in [9.17, 15) is 14.7 Å². The van der Waals surface area contributed by atoms with Crippen LogP contribution in [-0.4, -0.2) is 58.2 Å². The Morgan fingerprint density at radius 3 is 2.41 bits per heavy atom. The molecule has 1 aliphatic rings. The van der Waals surface area contributed by atoms with Gasteiger partial charge in [0.15, 0.2) is 6.29 Å². The molecule has 206 valence electrons. The van der Waals surface area contributed by atoms with E-state index in [1.165, 1.54) is 0 Å². The summed E-state index contributed by atoms with van der Waals surface area (Å²) in [5, 5.41) is 20.9. The van der Waals surface area contributed by atoms with Gasteiger partial charge in [-0.05, 0) is 42.4 Å². The van der Waals surface area contributed by atoms with Crippen LogP contribution < -0.4 is 5.32 Å². The second-order valence-electron chi connectivity index (χ2n) is 9.75. The zero-order valence-corrected chi connectivity index (χ0v) is 22.0. The Hall–Kier alpha value is -3.63. The molecule has 0 aliphatic carbocycles. The van der Waals surface area contributed by atoms with Crippen molar-refractivity contribution in [2.75, 3.05) is 25.5 Å². The lowest BCUT2D eigenvalue weighted by Gasteiger charge is -2.38. The van der Waals surface area contributed by atoms with Crippen LogP contribution in [0.4, 0.5) is 5.69 Å². The number of carbonyl (C=O) groups excluding carboxylic acids is 1. The first-order chi connectivity index (χ1) is 18.9. The van der Waals surface area contributed by atoms with Crippen LogP contribution in [0.25, 0.3) is 0 Å². The molecule has 1 aliphatic heterocycles. The second-order valence-corrected chi connectivity index (χ2v) is 9.75. The molecule has 3 aromatic rings. The van der Waals surface area contributed by atoms with Gasteiger partial charge in [-0.25, -0.2) is 0 Å². The van der Waals surface area contributed by atoms with Crippen molar-refractivity contribution in [2.24, 2.45) is 0 Å². The van der Waals surface area contributed by atoms with E-state index in [0.29, 0.717) is 12.1 Å². The molecule has 1 saturated heterocycles. The Morgan fingerprint density at radius 1 is 1.00 bits per heavy atom. The monoisotopic (exact) mass is 533 g/mol. The van der Waals surface area contributed by atoms with Crippen LogP contribution >= 0.6 is 0 Å². The van der Waals surface area contributed by atoms with Crippen molar-refractivity contribution in [3.05, 3.63) is 95.3 Å². The van der Waals surface area contributed by atoms with E-state index in [0.717, 1.165) is 41.9 Å². The fourth-order valence-corrected chi connectivity index (χ4v) is 4.49. The number of aliphatic hydroxyl groups excluding tert-OH is 1. The number of pyridine rings is 1. The first-order valence-corrected chi connectivity index (χ1v) is 13.1. The second kappa shape index (κ2) is 14.0. The van der Waals surface area contributed by atoms with Gasteiger partial charge < -0.3 is 29.9 Å². The van der Waals surface area contributed by atoms with E-state index >= 15 is 0 Å². The molecule has 4 rings (SSSR count). The Bertz CT molecular complexity index is 1200. The van der Waals surface area contributed by atoms with E-state index in [4.69, 9.17) is 14.6 Å². The summed E-state index contributed by atoms with van der Waals surface area (Å²) in [7, 11) is 2.07. The van der Waals surface area contributed by atoms with E-state index in [-0.39, 0.29) is 37.6 Å². The Labute approximate surface area is 228 Å². The van der Waals surface area contributed by atoms with Crippen molar-refractivity contribution >= 4 is 17.6 Å². The van der Waals surface area contributed by atoms with Crippen LogP contribution in [0.3, 0.4) is 0 Å². The van der Waals surface area contributed by atoms with E-state index in [1.807, 2.05) is 54.6 Å². The standard InChI is InChI=1S/C30H35N3O6/c1-33(17-15-24-4-2-3-16-31-24)19-26-18-27(22-7-5-21(20-34)6-8-22)39-30(38-26)23-9-11-25(12-10-23)32-28(35)13-14-29(36)37/h2-12,16,26-27,30,34H,13-15,17-20H2,1H3,(H,32,35)(H,36,37)/t26-,27+,30+/m1/s1. The van der Waals surface area contributed by atoms with E-state index in [2.05, 4.69) is 22.2 Å². The van der Waals surface area contributed by atoms with E-state index in [1.54, 1.807) is 18.3 Å². The zero-order valence-electron chi connectivity index (χ0n) is 22.0. The maximum atomic E-state index is 12.0. The normalized spacial score (nSPS) is 19.1. The number of aromatic nitrogens is 1. The molecule has 2 aromatic carbocycles. The number of carboxylic acid groups (broad SMARTS) is 1. The molecule has 9 nitrogen and oxygen atoms in total. The third kappa shape index (κ3) is 8.69. The smallest absolute Gasteiger partial charge is 0.303 e. The van der Waals surface area contributed by atoms with Crippen LogP contribution in [0.15, 0.2) is 72.9 Å². The molecular weight excluding hydrogens is 498 g/mol. The van der Waals surface area contributed by atoms with Gasteiger partial charge in [0.2, 0.25) is 5.91 Å². The van der Waals surface area contributed by atoms with Gasteiger partial charge in [-0.1, -0.05) is 42.5 Å². The van der Waals surface area contributed by atoms with Gasteiger partial charge in [0.05, 0.1) is 25.2 Å². The molecule has 1 aromatic heterocycles. The third-order valence-electron chi connectivity index (χ3n) is 6.64. The number of rotatable bonds is 12. The molecule has 0 radical (unpaired) electrons. The lowest BCUT2D eigenvalue weighted by atomic mass is 9.99. The highest BCUT2D eigenvalue weighted by Gasteiger charge is 2.32. The van der Waals surface area contributed by atoms with Crippen molar-refractivity contribution in [1.82, 2.24) is 9.88 Å². The maximum absolute atomic E-state index is 12.0. The van der Waals surface area contributed by atoms with Gasteiger partial charge in [0.1, 0.15) is 0 Å². The summed E-state index contributed by atoms with van der Waals surface area (Å²) in [6.07, 6.45) is 2.14. The van der Waals surface area contributed by atoms with Gasteiger partial charge in [-0.2, -0.15) is 0 Å². The molecule has 9 heteroatoms. The summed E-state index contributed by atoms with van der Waals surface area (Å²) in [5.41, 5.74) is 4.30. The number of amides is 1. The highest BCUT2D eigenvalue weighted by Crippen LogP contribution is 2.38. The number of anilines is 1. The van der Waals surface area contributed by atoms with Crippen molar-refractivity contribution in [2.45, 2.75) is 50.8 Å². The summed E-state index contributed by atoms with van der Waals surface area (Å²) in [6.45, 7) is 1.55. The van der Waals surface area contributed by atoms with Gasteiger partial charge in [0.25, 0.3) is 0 Å². The topological polar surface area (TPSA) is 121 Å². The number of benzene rings is 2. The predicted molar refractivity (Wildman–Crippen MR) is 146 cm³/mol. The first kappa shape index (κ1) is 28.4. The Balaban J connectivity index is 1.43. The number of aliphatic carboxylic acids is 1. The van der Waals surface area contributed by atoms with Gasteiger partial charge in [-0.15, -0.1) is 0 Å². The van der Waals surface area contributed by atoms with Crippen LogP contribution in [0.1, 0.15) is 54.0 Å². The number of nitrogens with zero attached hydrogens (tertiary/aromatic N) is 2. The predicted octanol–water partition coefficient (Wildman–Crippen LogP) is 4.10. The highest BCUT2D eigenvalue weighted by atomic mass is 16.7. The third-order valence-corrected chi connectivity index (χ3v) is 6.64. The maximum Gasteiger partial charge on any atom is 0.303 e. The zero-order chi connectivity index (χ0) is 27.6. The molecule has 0 unspecified atom stereocenters. The summed E-state index contributed by atoms with van der Waals surface area (Å²) < 4.78 is 12.8. The van der Waals surface area contributed by atoms with Crippen LogP contribution in [-0.2, 0) is 32.1 Å². The van der Waals surface area contributed by atoms with Crippen LogP contribution in [0, 0.1) is 0 Å². The summed E-state index contributed by atoms with van der Waals surface area (Å²) in [5.74, 6) is -1.36. The number of nitrogens with one attached hydrogen (secondary N) is 1. The average Bonchev–Trinajstić information content (AvgIpc) is 2.96. The summed E-state index contributed by atoms with van der Waals surface area (Å²) in [6, 6.07) is 20.9. The molecule has 39 heavy (non-hydrogen) atoms. The van der Waals surface area contributed by atoms with Crippen molar-refractivity contribution < 1.29 is 29.3 Å². The SMILES string of the molecule is CN(CCc1ccccn1)C[C@H]1C[C@@H](c2ccc(CO)cc2)O[C@@H](c2ccc(NC(=O)CCC(=O)O)cc2)O1. The van der Waals surface area contributed by atoms with Gasteiger partial charge in [-0.3, -0.25) is 14.6 Å². The molecule has 3 atom stereocenters. The number of likely N-dealkylation sites (N-methyl/N-ethyl adjacent to an activating group) is 1. The molecule has 1 amide bonds. The Kier molecular flexibility index (Phi) is 10.2. The lowest BCUT2D eigenvalue weighted by molar-refractivity contribution is -0.252. The minimum absolute atomic E-state index is 0.0135. The molecule has 1 fully saturated rings. The Morgan fingerprint density at radius 2 is 1.74 bits per heavy atom. The molecule has 3 N–H and O–H groups in total. The van der Waals surface area contributed by atoms with Crippen molar-refractivity contribution in [1.29, 1.82) is 0 Å². The van der Waals surface area contributed by atoms with Crippen LogP contribution in [0.5, 0.6) is 0 Å². The quantitative estimate of drug-likeness (QED) is 0.318. The summed E-state index contributed by atoms with van der Waals surface area (Å²) in [4.78, 5) is 29.3. The fourth-order valence-electron chi connectivity index (χ4n) is 4.49. The number of hydrogen-bond donors (Lipinski definition) is 3.